The zero-order chi connectivity index (χ0) is 31.8. The molecule has 0 unspecified atom stereocenters. The summed E-state index contributed by atoms with van der Waals surface area (Å²) in [5.41, 5.74) is 11.0. The summed E-state index contributed by atoms with van der Waals surface area (Å²) in [6.07, 6.45) is -8.65. The Labute approximate surface area is 260 Å². The van der Waals surface area contributed by atoms with E-state index in [1.54, 1.807) is 0 Å². The molecule has 0 spiro atoms. The van der Waals surface area contributed by atoms with Crippen LogP contribution in [0.1, 0.15) is 12.5 Å². The standard InChI is InChI=1S/C20H23FN10O10P2S2/c21-8-12-6(38-18(8)30-4-26-9-14(22)24-3-25-15(9)30)1-36-43(35,45)41-13-7(2-37-42(34,44)40-12)39-19(11(13)32)31-5-27-10-16(31)28-20(23)29-17(10)33/h3-8,11-13,18-19,32H,1-2H2,(H,34,44)(H,35,45)(H2,22,24,25)(H3,23,28,29,33)/t6-,7-,8-,11-,12-,13-,18-,19-,42-,43-/m1/s1. The molecule has 6 N–H and O–H groups in total. The maximum absolute atomic E-state index is 16.0. The highest BCUT2D eigenvalue weighted by Crippen LogP contribution is 2.60. The first-order valence-electron chi connectivity index (χ1n) is 12.9. The number of rotatable bonds is 2. The highest BCUT2D eigenvalue weighted by molar-refractivity contribution is 8.44. The van der Waals surface area contributed by atoms with Crippen LogP contribution < -0.4 is 17.0 Å². The molecule has 3 fully saturated rings. The zero-order valence-corrected chi connectivity index (χ0v) is 25.9. The lowest BCUT2D eigenvalue weighted by atomic mass is 10.1. The van der Waals surface area contributed by atoms with E-state index in [9.17, 15) is 19.0 Å². The molecule has 45 heavy (non-hydrogen) atoms. The molecule has 242 valence electrons. The van der Waals surface area contributed by atoms with Crippen molar-refractivity contribution in [2.75, 3.05) is 24.7 Å². The van der Waals surface area contributed by atoms with Gasteiger partial charge in [0, 0.05) is 0 Å². The van der Waals surface area contributed by atoms with Crippen molar-refractivity contribution >= 4 is 72.2 Å². The molecule has 0 aromatic carbocycles. The molecular formula is C20H23FN10O10P2S2. The first kappa shape index (κ1) is 30.9. The number of ether oxygens (including phenoxy) is 2. The Morgan fingerprint density at radius 1 is 0.911 bits per heavy atom. The van der Waals surface area contributed by atoms with Crippen LogP contribution >= 0.6 is 38.1 Å². The maximum atomic E-state index is 16.0. The monoisotopic (exact) mass is 708 g/mol. The first-order valence-corrected chi connectivity index (χ1v) is 18.3. The fourth-order valence-electron chi connectivity index (χ4n) is 5.28. The van der Waals surface area contributed by atoms with Gasteiger partial charge in [-0.1, -0.05) is 24.5 Å². The average molecular weight is 709 g/mol. The molecule has 0 amide bonds. The number of hydrogen-bond donors (Lipinski definition) is 6. The molecule has 0 radical (unpaired) electrons. The number of anilines is 2. The molecule has 10 atom stereocenters. The van der Waals surface area contributed by atoms with Gasteiger partial charge in [-0.25, -0.2) is 33.5 Å². The molecule has 3 saturated heterocycles. The minimum Gasteiger partial charge on any atom is -0.386 e. The van der Waals surface area contributed by atoms with Gasteiger partial charge >= 0.3 is 13.6 Å². The smallest absolute Gasteiger partial charge is 0.386 e. The Kier molecular flexibility index (Phi) is 7.72. The molecule has 7 rings (SSSR count). The second-order valence-electron chi connectivity index (χ2n) is 10.1. The number of H-pyrrole nitrogens is 1. The number of fused-ring (bicyclic) bond motifs is 4. The number of aliphatic hydroxyl groups excluding tert-OH is 1. The second-order valence-corrected chi connectivity index (χ2v) is 15.8. The Hall–Kier alpha value is -2.69. The molecule has 0 saturated carbocycles. The molecule has 0 bridgehead atoms. The fraction of sp³-hybridized carbons (Fsp3) is 0.500. The van der Waals surface area contributed by atoms with Gasteiger partial charge < -0.3 is 26.0 Å². The Morgan fingerprint density at radius 2 is 1.51 bits per heavy atom. The molecule has 0 aliphatic carbocycles. The first-order chi connectivity index (χ1) is 21.3. The second kappa shape index (κ2) is 11.2. The Balaban J connectivity index is 1.17. The topological polar surface area (TPSA) is 269 Å². The number of hydrogen-bond acceptors (Lipinski definition) is 17. The summed E-state index contributed by atoms with van der Waals surface area (Å²) in [7, 11) is 0. The minimum absolute atomic E-state index is 0.0413. The summed E-state index contributed by atoms with van der Waals surface area (Å²) in [6, 6.07) is 0. The molecule has 20 nitrogen and oxygen atoms in total. The molecular weight excluding hydrogens is 685 g/mol. The van der Waals surface area contributed by atoms with E-state index in [4.69, 9.17) is 39.0 Å². The SMILES string of the molecule is Nc1nc2c(ncn2[C@@H]2O[C@@H]3CO[P@@](=O)(S)O[C@H]4[C@@H](F)[C@H](n5cnc6c(N)ncnc65)O[C@@H]4CO[P@@](=O)(S)O[C@H]3[C@H]2O)c(=O)[nH]1. The predicted octanol–water partition coefficient (Wildman–Crippen LogP) is 0.511. The van der Waals surface area contributed by atoms with Crippen LogP contribution in [0, 0.1) is 0 Å². The zero-order valence-electron chi connectivity index (χ0n) is 22.3. The molecule has 3 aliphatic rings. The number of imidazole rings is 2. The van der Waals surface area contributed by atoms with Gasteiger partial charge in [-0.05, 0) is 0 Å². The fourth-order valence-corrected chi connectivity index (χ4v) is 8.25. The third-order valence-corrected chi connectivity index (χ3v) is 10.5. The summed E-state index contributed by atoms with van der Waals surface area (Å²) in [5, 5.41) is 11.2. The van der Waals surface area contributed by atoms with Crippen molar-refractivity contribution in [3.8, 4) is 0 Å². The van der Waals surface area contributed by atoms with Crippen LogP contribution in [0.2, 0.25) is 0 Å². The molecule has 3 aliphatic heterocycles. The number of aromatic nitrogens is 8. The van der Waals surface area contributed by atoms with E-state index < -0.39 is 81.5 Å². The quantitative estimate of drug-likeness (QED) is 0.122. The van der Waals surface area contributed by atoms with Crippen LogP contribution in [0.4, 0.5) is 16.2 Å². The summed E-state index contributed by atoms with van der Waals surface area (Å²) < 4.78 is 78.9. The van der Waals surface area contributed by atoms with Gasteiger partial charge in [0.2, 0.25) is 5.95 Å². The van der Waals surface area contributed by atoms with Crippen LogP contribution in [-0.2, 0) is 36.7 Å². The Bertz CT molecular complexity index is 1950. The van der Waals surface area contributed by atoms with Gasteiger partial charge in [0.05, 0.1) is 25.9 Å². The minimum atomic E-state index is -4.39. The van der Waals surface area contributed by atoms with Crippen molar-refractivity contribution < 1.29 is 46.2 Å². The van der Waals surface area contributed by atoms with E-state index in [0.717, 1.165) is 12.7 Å². The van der Waals surface area contributed by atoms with Crippen molar-refractivity contribution in [3.05, 3.63) is 29.3 Å². The van der Waals surface area contributed by atoms with Crippen molar-refractivity contribution in [1.82, 2.24) is 39.0 Å². The number of nitrogen functional groups attached to an aromatic ring is 2. The normalized spacial score (nSPS) is 37.7. The van der Waals surface area contributed by atoms with Crippen molar-refractivity contribution in [3.63, 3.8) is 0 Å². The van der Waals surface area contributed by atoms with E-state index in [0.29, 0.717) is 0 Å². The number of nitrogens with two attached hydrogens (primary N) is 2. The van der Waals surface area contributed by atoms with Crippen LogP contribution in [0.15, 0.2) is 23.8 Å². The summed E-state index contributed by atoms with van der Waals surface area (Å²) in [4.78, 5) is 34.6. The number of halogens is 1. The highest BCUT2D eigenvalue weighted by atomic mass is 32.7. The highest BCUT2D eigenvalue weighted by Gasteiger charge is 2.54. The van der Waals surface area contributed by atoms with Gasteiger partial charge in [-0.3, -0.25) is 37.0 Å². The number of alkyl halides is 1. The summed E-state index contributed by atoms with van der Waals surface area (Å²) in [5.74, 6) is -0.179. The maximum Gasteiger partial charge on any atom is 0.386 e. The van der Waals surface area contributed by atoms with E-state index >= 15 is 4.39 Å². The lowest BCUT2D eigenvalue weighted by Gasteiger charge is -2.28. The third-order valence-electron chi connectivity index (χ3n) is 7.28. The van der Waals surface area contributed by atoms with Crippen molar-refractivity contribution in [2.24, 2.45) is 0 Å². The van der Waals surface area contributed by atoms with Gasteiger partial charge in [-0.2, -0.15) is 4.98 Å². The third kappa shape index (κ3) is 5.54. The Morgan fingerprint density at radius 3 is 2.22 bits per heavy atom. The number of thiol groups is 2. The van der Waals surface area contributed by atoms with E-state index in [2.05, 4.69) is 54.4 Å². The van der Waals surface area contributed by atoms with Crippen LogP contribution in [-0.4, -0.2) is 94.0 Å². The van der Waals surface area contributed by atoms with Gasteiger partial charge in [0.15, 0.2) is 41.3 Å². The molecule has 4 aromatic heterocycles. The van der Waals surface area contributed by atoms with Gasteiger partial charge in [0.1, 0.15) is 42.4 Å². The van der Waals surface area contributed by atoms with Crippen molar-refractivity contribution in [1.29, 1.82) is 0 Å². The van der Waals surface area contributed by atoms with Crippen LogP contribution in [0.5, 0.6) is 0 Å². The largest absolute Gasteiger partial charge is 0.386 e. The summed E-state index contributed by atoms with van der Waals surface area (Å²) in [6.45, 7) is -10.0. The average Bonchev–Trinajstić information content (AvgIpc) is 3.72. The van der Waals surface area contributed by atoms with E-state index in [-0.39, 0.29) is 34.1 Å². The van der Waals surface area contributed by atoms with Crippen LogP contribution in [0.25, 0.3) is 22.3 Å². The molecule has 25 heteroatoms. The van der Waals surface area contributed by atoms with Crippen LogP contribution in [0.3, 0.4) is 0 Å². The molecule has 7 heterocycles. The lowest BCUT2D eigenvalue weighted by Crippen LogP contribution is -2.37. The number of aromatic amines is 1. The number of nitrogens with one attached hydrogen (secondary N) is 1. The molecule has 4 aromatic rings. The van der Waals surface area contributed by atoms with Crippen molar-refractivity contribution in [2.45, 2.75) is 49.1 Å². The van der Waals surface area contributed by atoms with E-state index in [1.807, 2.05) is 0 Å². The number of nitrogens with zero attached hydrogens (tertiary/aromatic N) is 7. The van der Waals surface area contributed by atoms with E-state index in [1.165, 1.54) is 15.5 Å². The number of aliphatic hydroxyl groups is 1. The van der Waals surface area contributed by atoms with Gasteiger partial charge in [0.25, 0.3) is 5.56 Å². The summed E-state index contributed by atoms with van der Waals surface area (Å²) >= 11 is 8.03. The van der Waals surface area contributed by atoms with Gasteiger partial charge in [-0.15, -0.1) is 0 Å². The lowest BCUT2D eigenvalue weighted by molar-refractivity contribution is -0.0555. The predicted molar refractivity (Wildman–Crippen MR) is 156 cm³/mol.